The molecule has 25 heavy (non-hydrogen) atoms. The first-order valence-electron chi connectivity index (χ1n) is 7.84. The number of aromatic nitrogens is 2. The predicted molar refractivity (Wildman–Crippen MR) is 91.6 cm³/mol. The van der Waals surface area contributed by atoms with E-state index in [1.165, 1.54) is 11.0 Å². The third kappa shape index (κ3) is 2.87. The van der Waals surface area contributed by atoms with E-state index in [9.17, 15) is 13.6 Å². The Morgan fingerprint density at radius 2 is 2.12 bits per heavy atom. The van der Waals surface area contributed by atoms with Gasteiger partial charge in [-0.15, -0.1) is 0 Å². The normalized spacial score (nSPS) is 14.8. The van der Waals surface area contributed by atoms with Gasteiger partial charge in [0.2, 0.25) is 5.91 Å². The Bertz CT molecular complexity index is 966. The second kappa shape index (κ2) is 6.11. The number of hydrogen-bond acceptors (Lipinski definition) is 2. The van der Waals surface area contributed by atoms with Crippen molar-refractivity contribution in [3.63, 3.8) is 0 Å². The number of rotatable bonds is 3. The molecule has 4 nitrogen and oxygen atoms in total. The largest absolute Gasteiger partial charge is 0.337 e. The van der Waals surface area contributed by atoms with Crippen molar-refractivity contribution in [3.05, 3.63) is 53.6 Å². The number of nitrogens with zero attached hydrogens (tertiary/aromatic N) is 3. The van der Waals surface area contributed by atoms with Gasteiger partial charge in [-0.1, -0.05) is 23.7 Å². The number of fused-ring (bicyclic) bond motifs is 1. The molecule has 3 heterocycles. The van der Waals surface area contributed by atoms with Crippen LogP contribution in [-0.2, 0) is 11.3 Å². The summed E-state index contributed by atoms with van der Waals surface area (Å²) in [6.07, 6.45) is 2.40. The molecule has 0 radical (unpaired) electrons. The molecule has 1 aliphatic heterocycles. The van der Waals surface area contributed by atoms with Gasteiger partial charge >= 0.3 is 0 Å². The molecule has 0 aliphatic carbocycles. The minimum atomic E-state index is -0.926. The van der Waals surface area contributed by atoms with Crippen LogP contribution < -0.4 is 0 Å². The van der Waals surface area contributed by atoms with Crippen LogP contribution in [0.1, 0.15) is 0 Å². The molecule has 0 saturated carbocycles. The first-order chi connectivity index (χ1) is 12.0. The van der Waals surface area contributed by atoms with Gasteiger partial charge in [0.1, 0.15) is 18.5 Å². The Labute approximate surface area is 147 Å². The molecule has 4 rings (SSSR count). The molecule has 0 bridgehead atoms. The van der Waals surface area contributed by atoms with Gasteiger partial charge in [-0.25, -0.2) is 8.78 Å². The highest BCUT2D eigenvalue weighted by Crippen LogP contribution is 2.29. The lowest BCUT2D eigenvalue weighted by Crippen LogP contribution is -2.52. The van der Waals surface area contributed by atoms with Crippen molar-refractivity contribution in [2.45, 2.75) is 12.7 Å². The maximum atomic E-state index is 14.3. The van der Waals surface area contributed by atoms with Crippen molar-refractivity contribution in [3.8, 4) is 11.1 Å². The van der Waals surface area contributed by atoms with Crippen LogP contribution in [0.25, 0.3) is 22.2 Å². The van der Waals surface area contributed by atoms with Crippen LogP contribution in [0.15, 0.2) is 42.7 Å². The number of halogens is 3. The number of benzene rings is 1. The topological polar surface area (TPSA) is 38.1 Å². The van der Waals surface area contributed by atoms with Gasteiger partial charge in [-0.2, -0.15) is 0 Å². The van der Waals surface area contributed by atoms with Gasteiger partial charge in [-0.05, 0) is 18.2 Å². The summed E-state index contributed by atoms with van der Waals surface area (Å²) in [6, 6.07) is 8.35. The monoisotopic (exact) mass is 361 g/mol. The SMILES string of the molecule is O=C(Cn1ccc2ncc(-c3cccc(Cl)c3F)cc21)N1CC(F)C1. The van der Waals surface area contributed by atoms with E-state index in [1.54, 1.807) is 41.2 Å². The van der Waals surface area contributed by atoms with E-state index in [0.29, 0.717) is 22.2 Å². The lowest BCUT2D eigenvalue weighted by atomic mass is 10.1. The zero-order valence-electron chi connectivity index (χ0n) is 13.1. The van der Waals surface area contributed by atoms with Gasteiger partial charge in [0.05, 0.1) is 29.1 Å². The smallest absolute Gasteiger partial charge is 0.242 e. The Hall–Kier alpha value is -2.47. The molecule has 0 atom stereocenters. The van der Waals surface area contributed by atoms with Gasteiger partial charge in [0, 0.05) is 23.5 Å². The van der Waals surface area contributed by atoms with Gasteiger partial charge in [-0.3, -0.25) is 9.78 Å². The molecule has 1 saturated heterocycles. The number of amides is 1. The fourth-order valence-corrected chi connectivity index (χ4v) is 3.12. The zero-order valence-corrected chi connectivity index (χ0v) is 13.9. The third-order valence-electron chi connectivity index (χ3n) is 4.38. The van der Waals surface area contributed by atoms with E-state index in [4.69, 9.17) is 11.6 Å². The first-order valence-corrected chi connectivity index (χ1v) is 8.22. The lowest BCUT2D eigenvalue weighted by molar-refractivity contribution is -0.138. The van der Waals surface area contributed by atoms with Crippen molar-refractivity contribution >= 4 is 28.5 Å². The maximum absolute atomic E-state index is 14.3. The summed E-state index contributed by atoms with van der Waals surface area (Å²) in [6.45, 7) is 0.393. The minimum absolute atomic E-state index is 0.0433. The lowest BCUT2D eigenvalue weighted by Gasteiger charge is -2.34. The van der Waals surface area contributed by atoms with Gasteiger partial charge in [0.15, 0.2) is 0 Å². The molecular weight excluding hydrogens is 348 g/mol. The molecule has 1 fully saturated rings. The molecular formula is C18H14ClF2N3O. The molecule has 3 aromatic rings. The Balaban J connectivity index is 1.68. The maximum Gasteiger partial charge on any atom is 0.242 e. The van der Waals surface area contributed by atoms with Crippen LogP contribution in [0.4, 0.5) is 8.78 Å². The van der Waals surface area contributed by atoms with Crippen LogP contribution in [0.2, 0.25) is 5.02 Å². The molecule has 7 heteroatoms. The summed E-state index contributed by atoms with van der Waals surface area (Å²) in [5, 5.41) is 0.0433. The molecule has 0 spiro atoms. The number of carbonyl (C=O) groups excluding carboxylic acids is 1. The predicted octanol–water partition coefficient (Wildman–Crippen LogP) is 3.68. The van der Waals surface area contributed by atoms with E-state index in [1.807, 2.05) is 0 Å². The standard InChI is InChI=1S/C18H14ClF2N3O/c19-14-3-1-2-13(18(14)21)11-6-16-15(22-7-11)4-5-23(16)10-17(25)24-8-12(20)9-24/h1-7,12H,8-10H2. The Morgan fingerprint density at radius 3 is 2.88 bits per heavy atom. The summed E-state index contributed by atoms with van der Waals surface area (Å²) in [7, 11) is 0. The fraction of sp³-hybridized carbons (Fsp3) is 0.222. The number of likely N-dealkylation sites (tertiary alicyclic amines) is 1. The average Bonchev–Trinajstić information content (AvgIpc) is 2.96. The van der Waals surface area contributed by atoms with Crippen LogP contribution >= 0.6 is 11.6 Å². The Kier molecular flexibility index (Phi) is 3.92. The molecule has 0 unspecified atom stereocenters. The van der Waals surface area contributed by atoms with Gasteiger partial charge in [0.25, 0.3) is 0 Å². The summed E-state index contributed by atoms with van der Waals surface area (Å²) in [4.78, 5) is 18.0. The number of pyridine rings is 1. The van der Waals surface area contributed by atoms with Crippen molar-refractivity contribution in [2.75, 3.05) is 13.1 Å². The summed E-state index contributed by atoms with van der Waals surface area (Å²) in [5.74, 6) is -0.653. The molecule has 1 amide bonds. The van der Waals surface area contributed by atoms with E-state index < -0.39 is 12.0 Å². The molecule has 1 aliphatic rings. The van der Waals surface area contributed by atoms with Crippen molar-refractivity contribution in [1.29, 1.82) is 0 Å². The number of alkyl halides is 1. The minimum Gasteiger partial charge on any atom is -0.337 e. The third-order valence-corrected chi connectivity index (χ3v) is 4.67. The second-order valence-corrected chi connectivity index (χ2v) is 6.48. The van der Waals surface area contributed by atoms with E-state index in [-0.39, 0.29) is 30.6 Å². The zero-order chi connectivity index (χ0) is 17.6. The van der Waals surface area contributed by atoms with Crippen LogP contribution in [0, 0.1) is 5.82 Å². The summed E-state index contributed by atoms with van der Waals surface area (Å²) < 4.78 is 28.9. The fourth-order valence-electron chi connectivity index (χ4n) is 2.95. The highest BCUT2D eigenvalue weighted by Gasteiger charge is 2.30. The Morgan fingerprint density at radius 1 is 1.32 bits per heavy atom. The van der Waals surface area contributed by atoms with Crippen LogP contribution in [0.3, 0.4) is 0 Å². The van der Waals surface area contributed by atoms with Crippen LogP contribution in [0.5, 0.6) is 0 Å². The van der Waals surface area contributed by atoms with Crippen molar-refractivity contribution < 1.29 is 13.6 Å². The number of hydrogen-bond donors (Lipinski definition) is 0. The molecule has 0 N–H and O–H groups in total. The average molecular weight is 362 g/mol. The van der Waals surface area contributed by atoms with Crippen LogP contribution in [-0.4, -0.2) is 39.6 Å². The second-order valence-electron chi connectivity index (χ2n) is 6.07. The molecule has 128 valence electrons. The van der Waals surface area contributed by atoms with E-state index >= 15 is 0 Å². The molecule has 1 aromatic carbocycles. The highest BCUT2D eigenvalue weighted by atomic mass is 35.5. The summed E-state index contributed by atoms with van der Waals surface area (Å²) in [5.41, 5.74) is 2.34. The highest BCUT2D eigenvalue weighted by molar-refractivity contribution is 6.31. The molecule has 2 aromatic heterocycles. The quantitative estimate of drug-likeness (QED) is 0.713. The van der Waals surface area contributed by atoms with Crippen molar-refractivity contribution in [2.24, 2.45) is 0 Å². The first kappa shape index (κ1) is 16.0. The number of carbonyl (C=O) groups is 1. The van der Waals surface area contributed by atoms with E-state index in [0.717, 1.165) is 0 Å². The summed E-state index contributed by atoms with van der Waals surface area (Å²) >= 11 is 5.85. The van der Waals surface area contributed by atoms with E-state index in [2.05, 4.69) is 4.98 Å². The van der Waals surface area contributed by atoms with Gasteiger partial charge < -0.3 is 9.47 Å². The van der Waals surface area contributed by atoms with Crippen molar-refractivity contribution in [1.82, 2.24) is 14.5 Å².